The lowest BCUT2D eigenvalue weighted by Crippen LogP contribution is -2.30. The normalized spacial score (nSPS) is 15.8. The first-order valence-electron chi connectivity index (χ1n) is 12.3. The van der Waals surface area contributed by atoms with Crippen LogP contribution >= 0.6 is 11.6 Å². The topological polar surface area (TPSA) is 117 Å². The van der Waals surface area contributed by atoms with Gasteiger partial charge >= 0.3 is 6.18 Å². The number of fused-ring (bicyclic) bond motifs is 1. The molecule has 0 radical (unpaired) electrons. The van der Waals surface area contributed by atoms with Crippen LogP contribution in [0.1, 0.15) is 25.3 Å². The minimum atomic E-state index is -4.57. The second kappa shape index (κ2) is 11.2. The largest absolute Gasteiger partial charge is 0.492 e. The lowest BCUT2D eigenvalue weighted by atomic mass is 10.1. The summed E-state index contributed by atoms with van der Waals surface area (Å²) in [5, 5.41) is 5.57. The number of amides is 1. The number of nitrogens with zero attached hydrogens (tertiary/aromatic N) is 4. The van der Waals surface area contributed by atoms with Crippen LogP contribution in [0.3, 0.4) is 0 Å². The number of nitrogens with one attached hydrogen (secondary N) is 3. The summed E-state index contributed by atoms with van der Waals surface area (Å²) in [6.45, 7) is 2.57. The average molecular weight is 576 g/mol. The molecule has 5 rings (SSSR count). The van der Waals surface area contributed by atoms with Crippen LogP contribution in [-0.4, -0.2) is 57.0 Å². The van der Waals surface area contributed by atoms with E-state index in [2.05, 4.69) is 35.5 Å². The molecule has 210 valence electrons. The Labute approximate surface area is 231 Å². The Kier molecular flexibility index (Phi) is 7.68. The Morgan fingerprint density at radius 3 is 2.77 bits per heavy atom. The number of ether oxygens (including phenoxy) is 2. The van der Waals surface area contributed by atoms with E-state index in [0.29, 0.717) is 17.1 Å². The number of hydrogen-bond acceptors (Lipinski definition) is 8. The molecule has 3 N–H and O–H groups in total. The lowest BCUT2D eigenvalue weighted by molar-refractivity contribution is -0.137. The van der Waals surface area contributed by atoms with Gasteiger partial charge in [-0.15, -0.1) is 0 Å². The highest BCUT2D eigenvalue weighted by molar-refractivity contribution is 6.36. The van der Waals surface area contributed by atoms with Gasteiger partial charge in [-0.25, -0.2) is 9.97 Å². The highest BCUT2D eigenvalue weighted by atomic mass is 35.5. The maximum absolute atomic E-state index is 13.6. The van der Waals surface area contributed by atoms with Crippen molar-refractivity contribution in [2.75, 3.05) is 30.8 Å². The van der Waals surface area contributed by atoms with Crippen molar-refractivity contribution >= 4 is 46.1 Å². The molecule has 1 saturated heterocycles. The monoisotopic (exact) mass is 575 g/mol. The standard InChI is InChI=1S/C26H25ClF3N7O3/c1-14(38)33-21-11-18(5-6-31-21)40-20-12-32-24-23(22(20)27)35-25(36-24)34-16-8-15(26(28,29)30)9-19(10-16)39-13-17-4-3-7-37(17)2/h5-6,8-12,17H,3-4,7,13H2,1-2H3,(H,31,33,38)(H2,32,34,35,36). The van der Waals surface area contributed by atoms with Crippen molar-refractivity contribution in [3.63, 3.8) is 0 Å². The molecular formula is C26H25ClF3N7O3. The minimum absolute atomic E-state index is 0.0940. The third-order valence-electron chi connectivity index (χ3n) is 6.30. The Balaban J connectivity index is 1.37. The van der Waals surface area contributed by atoms with Gasteiger partial charge in [-0.1, -0.05) is 11.6 Å². The van der Waals surface area contributed by atoms with Crippen LogP contribution in [0, 0.1) is 0 Å². The quantitative estimate of drug-likeness (QED) is 0.234. The Bertz CT molecular complexity index is 1550. The lowest BCUT2D eigenvalue weighted by Gasteiger charge is -2.20. The summed E-state index contributed by atoms with van der Waals surface area (Å²) in [5.74, 6) is 0.763. The molecule has 1 aliphatic heterocycles. The van der Waals surface area contributed by atoms with Crippen molar-refractivity contribution < 1.29 is 27.4 Å². The fourth-order valence-corrected chi connectivity index (χ4v) is 4.55. The van der Waals surface area contributed by atoms with E-state index in [4.69, 9.17) is 21.1 Å². The minimum Gasteiger partial charge on any atom is -0.492 e. The van der Waals surface area contributed by atoms with Gasteiger partial charge < -0.3 is 30.0 Å². The molecule has 40 heavy (non-hydrogen) atoms. The van der Waals surface area contributed by atoms with Crippen LogP contribution in [0.25, 0.3) is 11.2 Å². The Morgan fingerprint density at radius 2 is 2.05 bits per heavy atom. The maximum atomic E-state index is 13.6. The van der Waals surface area contributed by atoms with Crippen LogP contribution in [-0.2, 0) is 11.0 Å². The van der Waals surface area contributed by atoms with Gasteiger partial charge in [0.2, 0.25) is 11.9 Å². The van der Waals surface area contributed by atoms with Gasteiger partial charge in [-0.05, 0) is 44.6 Å². The van der Waals surface area contributed by atoms with Gasteiger partial charge in [0.1, 0.15) is 34.5 Å². The summed E-state index contributed by atoms with van der Waals surface area (Å²) >= 11 is 6.54. The average Bonchev–Trinajstić information content (AvgIpc) is 3.49. The number of carbonyl (C=O) groups excluding carboxylic acids is 1. The Hall–Kier alpha value is -4.10. The fourth-order valence-electron chi connectivity index (χ4n) is 4.33. The van der Waals surface area contributed by atoms with Gasteiger partial charge in [0.15, 0.2) is 11.4 Å². The van der Waals surface area contributed by atoms with Gasteiger partial charge in [-0.3, -0.25) is 4.79 Å². The fraction of sp³-hybridized carbons (Fsp3) is 0.308. The number of H-pyrrole nitrogens is 1. The number of hydrogen-bond donors (Lipinski definition) is 3. The summed E-state index contributed by atoms with van der Waals surface area (Å²) in [5.41, 5.74) is -0.198. The number of rotatable bonds is 8. The van der Waals surface area contributed by atoms with Gasteiger partial charge in [0.25, 0.3) is 0 Å². The van der Waals surface area contributed by atoms with E-state index in [9.17, 15) is 18.0 Å². The second-order valence-corrected chi connectivity index (χ2v) is 9.71. The smallest absolute Gasteiger partial charge is 0.416 e. The molecule has 1 amide bonds. The molecular weight excluding hydrogens is 551 g/mol. The number of carbonyl (C=O) groups is 1. The molecule has 4 aromatic rings. The van der Waals surface area contributed by atoms with Crippen molar-refractivity contribution in [2.45, 2.75) is 32.0 Å². The molecule has 1 aliphatic rings. The number of likely N-dealkylation sites (N-methyl/N-ethyl adjacent to an activating group) is 1. The van der Waals surface area contributed by atoms with Gasteiger partial charge in [0, 0.05) is 37.0 Å². The van der Waals surface area contributed by atoms with Crippen LogP contribution in [0.4, 0.5) is 30.6 Å². The van der Waals surface area contributed by atoms with Crippen molar-refractivity contribution in [3.8, 4) is 17.2 Å². The van der Waals surface area contributed by atoms with E-state index >= 15 is 0 Å². The molecule has 0 aliphatic carbocycles. The molecule has 4 heterocycles. The number of aromatic amines is 1. The first kappa shape index (κ1) is 27.5. The zero-order valence-corrected chi connectivity index (χ0v) is 22.2. The number of anilines is 3. The third-order valence-corrected chi connectivity index (χ3v) is 6.67. The maximum Gasteiger partial charge on any atom is 0.416 e. The van der Waals surface area contributed by atoms with Crippen LogP contribution < -0.4 is 20.1 Å². The van der Waals surface area contributed by atoms with E-state index < -0.39 is 11.7 Å². The van der Waals surface area contributed by atoms with E-state index in [1.165, 1.54) is 31.5 Å². The predicted octanol–water partition coefficient (Wildman–Crippen LogP) is 5.99. The number of likely N-dealkylation sites (tertiary alicyclic amines) is 1. The van der Waals surface area contributed by atoms with E-state index in [-0.39, 0.29) is 52.4 Å². The first-order valence-corrected chi connectivity index (χ1v) is 12.7. The van der Waals surface area contributed by atoms with Crippen molar-refractivity contribution in [1.82, 2.24) is 24.8 Å². The number of halogens is 4. The highest BCUT2D eigenvalue weighted by Gasteiger charge is 2.32. The first-order chi connectivity index (χ1) is 19.0. The number of benzene rings is 1. The van der Waals surface area contributed by atoms with E-state index in [1.807, 2.05) is 7.05 Å². The molecule has 0 spiro atoms. The van der Waals surface area contributed by atoms with Crippen LogP contribution in [0.5, 0.6) is 17.2 Å². The summed E-state index contributed by atoms with van der Waals surface area (Å²) in [6, 6.07) is 6.68. The molecule has 1 unspecified atom stereocenters. The van der Waals surface area contributed by atoms with Gasteiger partial charge in [-0.2, -0.15) is 18.2 Å². The second-order valence-electron chi connectivity index (χ2n) is 9.34. The summed E-state index contributed by atoms with van der Waals surface area (Å²) in [4.78, 5) is 28.9. The predicted molar refractivity (Wildman–Crippen MR) is 143 cm³/mol. The number of imidazole rings is 1. The third kappa shape index (κ3) is 6.37. The SMILES string of the molecule is CC(=O)Nc1cc(Oc2cnc3nc(Nc4cc(OCC5CCCN5C)cc(C(F)(F)F)c4)[nH]c3c2Cl)ccn1. The molecule has 14 heteroatoms. The number of pyridine rings is 2. The number of alkyl halides is 3. The summed E-state index contributed by atoms with van der Waals surface area (Å²) in [6.07, 6.45) is 0.201. The molecule has 10 nitrogen and oxygen atoms in total. The van der Waals surface area contributed by atoms with Crippen LogP contribution in [0.2, 0.25) is 5.02 Å². The molecule has 3 aromatic heterocycles. The highest BCUT2D eigenvalue weighted by Crippen LogP contribution is 2.37. The van der Waals surface area contributed by atoms with Crippen LogP contribution in [0.15, 0.2) is 42.7 Å². The van der Waals surface area contributed by atoms with Crippen molar-refractivity contribution in [3.05, 3.63) is 53.3 Å². The molecule has 1 aromatic carbocycles. The van der Waals surface area contributed by atoms with Crippen molar-refractivity contribution in [1.29, 1.82) is 0 Å². The molecule has 1 atom stereocenters. The van der Waals surface area contributed by atoms with Crippen molar-refractivity contribution in [2.24, 2.45) is 0 Å². The molecule has 0 bridgehead atoms. The van der Waals surface area contributed by atoms with Gasteiger partial charge in [0.05, 0.1) is 11.8 Å². The van der Waals surface area contributed by atoms with E-state index in [0.717, 1.165) is 31.5 Å². The van der Waals surface area contributed by atoms with E-state index in [1.54, 1.807) is 6.07 Å². The summed E-state index contributed by atoms with van der Waals surface area (Å²) in [7, 11) is 1.97. The molecule has 0 saturated carbocycles. The zero-order valence-electron chi connectivity index (χ0n) is 21.5. The number of aromatic nitrogens is 4. The molecule has 1 fully saturated rings. The Morgan fingerprint density at radius 1 is 1.23 bits per heavy atom. The zero-order chi connectivity index (χ0) is 28.4. The summed E-state index contributed by atoms with van der Waals surface area (Å²) < 4.78 is 52.5.